The first-order chi connectivity index (χ1) is 13.4. The monoisotopic (exact) mass is 432 g/mol. The molecule has 0 aromatic heterocycles. The summed E-state index contributed by atoms with van der Waals surface area (Å²) in [6.45, 7) is 6.80. The van der Waals surface area contributed by atoms with E-state index in [0.29, 0.717) is 18.8 Å². The lowest BCUT2D eigenvalue weighted by atomic mass is 10.0. The van der Waals surface area contributed by atoms with Gasteiger partial charge in [-0.2, -0.15) is 0 Å². The molecule has 7 heteroatoms. The van der Waals surface area contributed by atoms with Gasteiger partial charge in [0.05, 0.1) is 13.1 Å². The van der Waals surface area contributed by atoms with Gasteiger partial charge in [0, 0.05) is 37.3 Å². The largest absolute Gasteiger partial charge is 0.330 e. The van der Waals surface area contributed by atoms with Gasteiger partial charge in [-0.15, -0.1) is 0 Å². The van der Waals surface area contributed by atoms with E-state index in [9.17, 15) is 14.4 Å². The summed E-state index contributed by atoms with van der Waals surface area (Å²) in [5.41, 5.74) is 5.48. The number of unbranched alkanes of at least 4 members (excludes halogenated alkanes) is 3. The molecule has 1 atom stereocenters. The summed E-state index contributed by atoms with van der Waals surface area (Å²) in [7, 11) is 3.76. The van der Waals surface area contributed by atoms with Gasteiger partial charge in [0.25, 0.3) is 0 Å². The lowest BCUT2D eigenvalue weighted by Crippen LogP contribution is -2.40. The van der Waals surface area contributed by atoms with Crippen LogP contribution in [0.5, 0.6) is 0 Å². The third-order valence-corrected chi connectivity index (χ3v) is 7.18. The fourth-order valence-electron chi connectivity index (χ4n) is 2.83. The number of amides is 1. The maximum Gasteiger partial charge on any atom is 0.224 e. The zero-order chi connectivity index (χ0) is 21.2. The lowest BCUT2D eigenvalue weighted by molar-refractivity contribution is -0.138. The fraction of sp³-hybridized carbons (Fsp3) is 0.857. The minimum atomic E-state index is -0.195. The summed E-state index contributed by atoms with van der Waals surface area (Å²) >= 11 is 0. The van der Waals surface area contributed by atoms with Gasteiger partial charge < -0.3 is 10.6 Å². The summed E-state index contributed by atoms with van der Waals surface area (Å²) in [4.78, 5) is 38.2. The van der Waals surface area contributed by atoms with Crippen molar-refractivity contribution < 1.29 is 14.4 Å². The predicted molar refractivity (Wildman–Crippen MR) is 123 cm³/mol. The molecule has 0 saturated carbocycles. The molecule has 0 aliphatic heterocycles. The Bertz CT molecular complexity index is 447. The third-order valence-electron chi connectivity index (χ3n) is 4.46. The standard InChI is InChI=1S/C21H40N2O3S2/c1-4-6-7-8-11-19(24)15-23(21(26)13-14-22)16-20(25)12-9-10-18(3)17-28-27-5-2/h18H,4-17,22H2,1-3H3. The van der Waals surface area contributed by atoms with Crippen LogP contribution in [0.2, 0.25) is 0 Å². The van der Waals surface area contributed by atoms with E-state index >= 15 is 0 Å². The van der Waals surface area contributed by atoms with Crippen molar-refractivity contribution in [2.24, 2.45) is 11.7 Å². The first-order valence-electron chi connectivity index (χ1n) is 10.7. The van der Waals surface area contributed by atoms with Gasteiger partial charge in [-0.05, 0) is 25.2 Å². The highest BCUT2D eigenvalue weighted by molar-refractivity contribution is 8.76. The summed E-state index contributed by atoms with van der Waals surface area (Å²) in [5, 5.41) is 0. The summed E-state index contributed by atoms with van der Waals surface area (Å²) in [6.07, 6.45) is 7.10. The Balaban J connectivity index is 4.32. The Morgan fingerprint density at radius 2 is 1.54 bits per heavy atom. The average Bonchev–Trinajstić information content (AvgIpc) is 2.65. The minimum Gasteiger partial charge on any atom is -0.330 e. The van der Waals surface area contributed by atoms with E-state index in [1.807, 2.05) is 21.6 Å². The quantitative estimate of drug-likeness (QED) is 0.239. The molecule has 28 heavy (non-hydrogen) atoms. The molecule has 0 aliphatic rings. The second kappa shape index (κ2) is 18.5. The minimum absolute atomic E-state index is 0.0342. The van der Waals surface area contributed by atoms with Crippen LogP contribution in [-0.2, 0) is 14.4 Å². The molecule has 2 N–H and O–H groups in total. The van der Waals surface area contributed by atoms with Gasteiger partial charge in [0.2, 0.25) is 5.91 Å². The van der Waals surface area contributed by atoms with Crippen molar-refractivity contribution in [3.8, 4) is 0 Å². The van der Waals surface area contributed by atoms with E-state index in [-0.39, 0.29) is 43.5 Å². The van der Waals surface area contributed by atoms with Crippen molar-refractivity contribution >= 4 is 39.1 Å². The van der Waals surface area contributed by atoms with E-state index in [1.54, 1.807) is 0 Å². The maximum absolute atomic E-state index is 12.3. The van der Waals surface area contributed by atoms with Crippen molar-refractivity contribution in [1.82, 2.24) is 4.90 Å². The van der Waals surface area contributed by atoms with Crippen LogP contribution in [0.25, 0.3) is 0 Å². The Kier molecular flexibility index (Phi) is 18.1. The van der Waals surface area contributed by atoms with Crippen molar-refractivity contribution in [3.63, 3.8) is 0 Å². The second-order valence-electron chi connectivity index (χ2n) is 7.36. The molecule has 0 fully saturated rings. The molecule has 1 unspecified atom stereocenters. The first-order valence-corrected chi connectivity index (χ1v) is 13.2. The molecule has 0 radical (unpaired) electrons. The molecule has 0 saturated heterocycles. The van der Waals surface area contributed by atoms with Crippen molar-refractivity contribution in [1.29, 1.82) is 0 Å². The number of carbonyl (C=O) groups is 3. The van der Waals surface area contributed by atoms with E-state index in [4.69, 9.17) is 5.73 Å². The Hall–Kier alpha value is -0.530. The van der Waals surface area contributed by atoms with Gasteiger partial charge in [-0.3, -0.25) is 14.4 Å². The van der Waals surface area contributed by atoms with Crippen LogP contribution >= 0.6 is 21.6 Å². The third kappa shape index (κ3) is 15.4. The molecule has 1 amide bonds. The van der Waals surface area contributed by atoms with E-state index in [2.05, 4.69) is 20.8 Å². The van der Waals surface area contributed by atoms with Gasteiger partial charge in [0.15, 0.2) is 11.6 Å². The Morgan fingerprint density at radius 1 is 0.893 bits per heavy atom. The molecule has 0 spiro atoms. The average molecular weight is 433 g/mol. The fourth-order valence-corrected chi connectivity index (χ4v) is 4.97. The smallest absolute Gasteiger partial charge is 0.224 e. The topological polar surface area (TPSA) is 80.5 Å². The molecule has 0 heterocycles. The number of nitrogens with two attached hydrogens (primary N) is 1. The summed E-state index contributed by atoms with van der Waals surface area (Å²) in [5.74, 6) is 2.66. The van der Waals surface area contributed by atoms with Gasteiger partial charge in [-0.1, -0.05) is 61.6 Å². The summed E-state index contributed by atoms with van der Waals surface area (Å²) in [6, 6.07) is 0. The highest BCUT2D eigenvalue weighted by Crippen LogP contribution is 2.25. The molecule has 5 nitrogen and oxygen atoms in total. The van der Waals surface area contributed by atoms with E-state index in [0.717, 1.165) is 50.0 Å². The number of nitrogens with zero attached hydrogens (tertiary/aromatic N) is 1. The van der Waals surface area contributed by atoms with Crippen LogP contribution in [0.1, 0.15) is 78.6 Å². The van der Waals surface area contributed by atoms with Crippen LogP contribution < -0.4 is 5.73 Å². The van der Waals surface area contributed by atoms with Crippen LogP contribution in [0.15, 0.2) is 0 Å². The number of rotatable bonds is 19. The zero-order valence-corrected chi connectivity index (χ0v) is 19.7. The number of ketones is 2. The van der Waals surface area contributed by atoms with Crippen molar-refractivity contribution in [2.75, 3.05) is 31.1 Å². The SMILES string of the molecule is CCCCCCC(=O)CN(CC(=O)CCCC(C)CSSCC)C(=O)CCN. The zero-order valence-electron chi connectivity index (χ0n) is 18.0. The summed E-state index contributed by atoms with van der Waals surface area (Å²) < 4.78 is 0. The van der Waals surface area contributed by atoms with Crippen molar-refractivity contribution in [3.05, 3.63) is 0 Å². The highest BCUT2D eigenvalue weighted by atomic mass is 33.1. The molecule has 0 aromatic rings. The first kappa shape index (κ1) is 27.5. The molecule has 0 bridgehead atoms. The predicted octanol–water partition coefficient (Wildman–Crippen LogP) is 4.48. The van der Waals surface area contributed by atoms with Gasteiger partial charge in [0.1, 0.15) is 0 Å². The number of carbonyl (C=O) groups excluding carboxylic acids is 3. The molecule has 0 rings (SSSR count). The van der Waals surface area contributed by atoms with E-state index in [1.165, 1.54) is 4.90 Å². The Labute approximate surface area is 179 Å². The number of Topliss-reactive ketones (excluding diaryl/α,β-unsaturated/α-hetero) is 2. The van der Waals surface area contributed by atoms with E-state index < -0.39 is 0 Å². The molecular formula is C21H40N2O3S2. The van der Waals surface area contributed by atoms with Crippen LogP contribution in [-0.4, -0.2) is 53.5 Å². The second-order valence-corrected chi connectivity index (χ2v) is 10.2. The maximum atomic E-state index is 12.3. The Morgan fingerprint density at radius 3 is 2.11 bits per heavy atom. The molecule has 0 aromatic carbocycles. The molecular weight excluding hydrogens is 392 g/mol. The lowest BCUT2D eigenvalue weighted by Gasteiger charge is -2.21. The van der Waals surface area contributed by atoms with Gasteiger partial charge >= 0.3 is 0 Å². The van der Waals surface area contributed by atoms with Crippen LogP contribution in [0.3, 0.4) is 0 Å². The number of hydrogen-bond acceptors (Lipinski definition) is 6. The molecule has 164 valence electrons. The van der Waals surface area contributed by atoms with Gasteiger partial charge in [-0.25, -0.2) is 0 Å². The number of hydrogen-bond donors (Lipinski definition) is 1. The van der Waals surface area contributed by atoms with Crippen molar-refractivity contribution in [2.45, 2.75) is 78.6 Å². The van der Waals surface area contributed by atoms with Crippen LogP contribution in [0.4, 0.5) is 0 Å². The molecule has 0 aliphatic carbocycles. The normalized spacial score (nSPS) is 12.0. The highest BCUT2D eigenvalue weighted by Gasteiger charge is 2.19. The van der Waals surface area contributed by atoms with Crippen LogP contribution in [0, 0.1) is 5.92 Å².